The highest BCUT2D eigenvalue weighted by Crippen LogP contribution is 2.22. The van der Waals surface area contributed by atoms with Crippen molar-refractivity contribution in [1.82, 2.24) is 25.3 Å². The van der Waals surface area contributed by atoms with E-state index in [1.165, 1.54) is 0 Å². The fraction of sp³-hybridized carbons (Fsp3) is 0.429. The number of nitrogens with one attached hydrogen (secondary N) is 2. The number of hydrogen-bond donors (Lipinski definition) is 2. The van der Waals surface area contributed by atoms with E-state index >= 15 is 0 Å². The number of amides is 1. The molecule has 3 aromatic rings. The summed E-state index contributed by atoms with van der Waals surface area (Å²) in [6.07, 6.45) is 1.83. The highest BCUT2D eigenvalue weighted by molar-refractivity contribution is 5.80. The molecule has 28 heavy (non-hydrogen) atoms. The van der Waals surface area contributed by atoms with Gasteiger partial charge < -0.3 is 15.2 Å². The summed E-state index contributed by atoms with van der Waals surface area (Å²) < 4.78 is 0. The predicted octanol–water partition coefficient (Wildman–Crippen LogP) is 3.06. The molecular weight excluding hydrogens is 352 g/mol. The Morgan fingerprint density at radius 1 is 1.21 bits per heavy atom. The van der Waals surface area contributed by atoms with Crippen LogP contribution in [0.5, 0.6) is 0 Å². The molecule has 2 aromatic heterocycles. The average molecular weight is 378 g/mol. The van der Waals surface area contributed by atoms with Crippen molar-refractivity contribution in [3.8, 4) is 0 Å². The van der Waals surface area contributed by atoms with Gasteiger partial charge in [-0.3, -0.25) is 4.79 Å². The number of rotatable bonds is 4. The molecule has 7 nitrogen and oxygen atoms in total. The number of imidazole rings is 1. The van der Waals surface area contributed by atoms with Crippen molar-refractivity contribution in [1.29, 1.82) is 0 Å². The fourth-order valence-electron chi connectivity index (χ4n) is 3.80. The number of fused-ring (bicyclic) bond motifs is 1. The van der Waals surface area contributed by atoms with Gasteiger partial charge in [-0.1, -0.05) is 12.1 Å². The normalized spacial score (nSPS) is 18.2. The molecule has 7 heteroatoms. The van der Waals surface area contributed by atoms with Crippen molar-refractivity contribution in [2.75, 3.05) is 18.0 Å². The lowest BCUT2D eigenvalue weighted by Gasteiger charge is -2.32. The van der Waals surface area contributed by atoms with Gasteiger partial charge in [-0.2, -0.15) is 0 Å². The van der Waals surface area contributed by atoms with Crippen LogP contribution >= 0.6 is 0 Å². The standard InChI is InChI=1S/C21H26N6O/c1-13-11-14(2)23-21(22-13)27-10-6-7-16(12-27)20(28)24-15(3)19-25-17-8-4-5-9-18(17)26-19/h4-5,8-9,11,15-16H,6-7,10,12H2,1-3H3,(H,24,28)(H,25,26)/t15-,16-/m0/s1. The molecule has 0 bridgehead atoms. The van der Waals surface area contributed by atoms with Crippen molar-refractivity contribution in [3.63, 3.8) is 0 Å². The van der Waals surface area contributed by atoms with E-state index in [4.69, 9.17) is 0 Å². The van der Waals surface area contributed by atoms with E-state index in [0.717, 1.165) is 53.6 Å². The van der Waals surface area contributed by atoms with Gasteiger partial charge in [-0.25, -0.2) is 15.0 Å². The van der Waals surface area contributed by atoms with Crippen molar-refractivity contribution >= 4 is 22.9 Å². The molecule has 146 valence electrons. The predicted molar refractivity (Wildman–Crippen MR) is 109 cm³/mol. The molecule has 3 heterocycles. The number of para-hydroxylation sites is 2. The first-order valence-corrected chi connectivity index (χ1v) is 9.82. The van der Waals surface area contributed by atoms with Crippen molar-refractivity contribution < 1.29 is 4.79 Å². The Labute approximate surface area is 164 Å². The van der Waals surface area contributed by atoms with Gasteiger partial charge in [0.25, 0.3) is 0 Å². The van der Waals surface area contributed by atoms with E-state index in [1.54, 1.807) is 0 Å². The van der Waals surface area contributed by atoms with E-state index in [1.807, 2.05) is 51.1 Å². The maximum absolute atomic E-state index is 12.9. The summed E-state index contributed by atoms with van der Waals surface area (Å²) in [6.45, 7) is 7.43. The number of aryl methyl sites for hydroxylation is 2. The Morgan fingerprint density at radius 3 is 2.71 bits per heavy atom. The lowest BCUT2D eigenvalue weighted by atomic mass is 9.97. The lowest BCUT2D eigenvalue weighted by molar-refractivity contribution is -0.126. The number of carbonyl (C=O) groups excluding carboxylic acids is 1. The van der Waals surface area contributed by atoms with Gasteiger partial charge in [-0.15, -0.1) is 0 Å². The van der Waals surface area contributed by atoms with Gasteiger partial charge in [0.05, 0.1) is 23.0 Å². The van der Waals surface area contributed by atoms with E-state index < -0.39 is 0 Å². The highest BCUT2D eigenvalue weighted by Gasteiger charge is 2.28. The Hall–Kier alpha value is -2.96. The second kappa shape index (κ2) is 7.58. The van der Waals surface area contributed by atoms with E-state index in [0.29, 0.717) is 6.54 Å². The van der Waals surface area contributed by atoms with Crippen LogP contribution in [0.4, 0.5) is 5.95 Å². The molecule has 1 amide bonds. The van der Waals surface area contributed by atoms with Gasteiger partial charge in [0.15, 0.2) is 0 Å². The Morgan fingerprint density at radius 2 is 1.96 bits per heavy atom. The molecule has 4 rings (SSSR count). The molecule has 1 aromatic carbocycles. The lowest BCUT2D eigenvalue weighted by Crippen LogP contribution is -2.44. The van der Waals surface area contributed by atoms with Crippen molar-refractivity contribution in [2.45, 2.75) is 39.7 Å². The first-order valence-electron chi connectivity index (χ1n) is 9.82. The Kier molecular flexibility index (Phi) is 4.98. The van der Waals surface area contributed by atoms with Gasteiger partial charge in [0.2, 0.25) is 11.9 Å². The number of hydrogen-bond acceptors (Lipinski definition) is 5. The molecule has 1 aliphatic heterocycles. The summed E-state index contributed by atoms with van der Waals surface area (Å²) in [4.78, 5) is 32.0. The molecule has 0 spiro atoms. The molecule has 1 fully saturated rings. The minimum absolute atomic E-state index is 0.0574. The molecule has 2 atom stereocenters. The molecule has 1 aliphatic rings. The summed E-state index contributed by atoms with van der Waals surface area (Å²) in [5.74, 6) is 1.48. The van der Waals surface area contributed by atoms with Crippen molar-refractivity contribution in [2.24, 2.45) is 5.92 Å². The van der Waals surface area contributed by atoms with Crippen LogP contribution in [0.15, 0.2) is 30.3 Å². The third-order valence-electron chi connectivity index (χ3n) is 5.22. The van der Waals surface area contributed by atoms with Crippen LogP contribution in [0.1, 0.15) is 43.0 Å². The third kappa shape index (κ3) is 3.83. The molecule has 0 unspecified atom stereocenters. The average Bonchev–Trinajstić information content (AvgIpc) is 3.12. The molecule has 0 aliphatic carbocycles. The number of piperidine rings is 1. The minimum Gasteiger partial charge on any atom is -0.346 e. The van der Waals surface area contributed by atoms with Gasteiger partial charge in [0.1, 0.15) is 5.82 Å². The summed E-state index contributed by atoms with van der Waals surface area (Å²) >= 11 is 0. The SMILES string of the molecule is Cc1cc(C)nc(N2CCC[C@H](C(=O)N[C@@H](C)c3nc4ccccc4[nH]3)C2)n1. The number of aromatic nitrogens is 4. The van der Waals surface area contributed by atoms with Crippen LogP contribution in [0.25, 0.3) is 11.0 Å². The topological polar surface area (TPSA) is 86.8 Å². The fourth-order valence-corrected chi connectivity index (χ4v) is 3.80. The zero-order chi connectivity index (χ0) is 19.7. The van der Waals surface area contributed by atoms with Crippen LogP contribution in [0, 0.1) is 19.8 Å². The van der Waals surface area contributed by atoms with Crippen LogP contribution < -0.4 is 10.2 Å². The number of H-pyrrole nitrogens is 1. The van der Waals surface area contributed by atoms with E-state index in [9.17, 15) is 4.79 Å². The van der Waals surface area contributed by atoms with Crippen LogP contribution in [0.3, 0.4) is 0 Å². The summed E-state index contributed by atoms with van der Waals surface area (Å²) in [5, 5.41) is 3.12. The molecule has 2 N–H and O–H groups in total. The maximum Gasteiger partial charge on any atom is 0.225 e. The van der Waals surface area contributed by atoms with Crippen molar-refractivity contribution in [3.05, 3.63) is 47.5 Å². The van der Waals surface area contributed by atoms with Gasteiger partial charge >= 0.3 is 0 Å². The minimum atomic E-state index is -0.173. The number of aromatic amines is 1. The molecular formula is C21H26N6O. The second-order valence-electron chi connectivity index (χ2n) is 7.61. The summed E-state index contributed by atoms with van der Waals surface area (Å²) in [5.41, 5.74) is 3.80. The molecule has 1 saturated heterocycles. The van der Waals surface area contributed by atoms with Crippen LogP contribution in [0.2, 0.25) is 0 Å². The first kappa shape index (κ1) is 18.4. The Balaban J connectivity index is 1.43. The Bertz CT molecular complexity index is 944. The maximum atomic E-state index is 12.9. The number of nitrogens with zero attached hydrogens (tertiary/aromatic N) is 4. The largest absolute Gasteiger partial charge is 0.346 e. The number of anilines is 1. The van der Waals surface area contributed by atoms with Gasteiger partial charge in [0, 0.05) is 24.5 Å². The van der Waals surface area contributed by atoms with E-state index in [-0.39, 0.29) is 17.9 Å². The smallest absolute Gasteiger partial charge is 0.225 e. The zero-order valence-electron chi connectivity index (χ0n) is 16.6. The summed E-state index contributed by atoms with van der Waals surface area (Å²) in [7, 11) is 0. The number of benzene rings is 1. The van der Waals surface area contributed by atoms with Gasteiger partial charge in [-0.05, 0) is 51.8 Å². The first-order chi connectivity index (χ1) is 13.5. The van der Waals surface area contributed by atoms with E-state index in [2.05, 4.69) is 30.2 Å². The summed E-state index contributed by atoms with van der Waals surface area (Å²) in [6, 6.07) is 9.68. The zero-order valence-corrected chi connectivity index (χ0v) is 16.6. The molecule has 0 saturated carbocycles. The van der Waals surface area contributed by atoms with Crippen LogP contribution in [-0.4, -0.2) is 38.9 Å². The van der Waals surface area contributed by atoms with Crippen LogP contribution in [-0.2, 0) is 4.79 Å². The number of carbonyl (C=O) groups is 1. The monoisotopic (exact) mass is 378 g/mol. The highest BCUT2D eigenvalue weighted by atomic mass is 16.2. The third-order valence-corrected chi connectivity index (χ3v) is 5.22. The quantitative estimate of drug-likeness (QED) is 0.729. The second-order valence-corrected chi connectivity index (χ2v) is 7.61. The molecule has 0 radical (unpaired) electrons.